The van der Waals surface area contributed by atoms with Gasteiger partial charge in [-0.3, -0.25) is 0 Å². The van der Waals surface area contributed by atoms with Crippen LogP contribution in [-0.2, 0) is 23.1 Å². The number of rotatable bonds is 10. The zero-order valence-electron chi connectivity index (χ0n) is 37.5. The van der Waals surface area contributed by atoms with E-state index in [1.165, 1.54) is 10.4 Å². The van der Waals surface area contributed by atoms with Crippen LogP contribution < -0.4 is 20.7 Å². The zero-order chi connectivity index (χ0) is 44.3. The molecule has 62 heavy (non-hydrogen) atoms. The Bertz CT molecular complexity index is 2050. The van der Waals surface area contributed by atoms with Gasteiger partial charge in [0.05, 0.1) is 37.6 Å². The molecule has 10 atom stereocenters. The van der Waals surface area contributed by atoms with Crippen molar-refractivity contribution in [3.8, 4) is 0 Å². The maximum Gasteiger partial charge on any atom is 0.261 e. The van der Waals surface area contributed by atoms with Gasteiger partial charge in [0.25, 0.3) is 16.6 Å². The van der Waals surface area contributed by atoms with E-state index in [0.717, 1.165) is 15.9 Å². The van der Waals surface area contributed by atoms with Crippen LogP contribution in [0.1, 0.15) is 67.1 Å². The zero-order valence-corrected chi connectivity index (χ0v) is 39.5. The van der Waals surface area contributed by atoms with Gasteiger partial charge < -0.3 is 38.4 Å². The fourth-order valence-electron chi connectivity index (χ4n) is 9.82. The average Bonchev–Trinajstić information content (AvgIpc) is 3.74. The molecule has 0 aromatic heterocycles. The molecule has 2 bridgehead atoms. The summed E-state index contributed by atoms with van der Waals surface area (Å²) < 4.78 is 32.8. The molecule has 3 aliphatic heterocycles. The summed E-state index contributed by atoms with van der Waals surface area (Å²) in [6, 6.07) is 51.7. The molecule has 3 aliphatic rings. The van der Waals surface area contributed by atoms with Crippen molar-refractivity contribution in [2.24, 2.45) is 11.8 Å². The summed E-state index contributed by atoms with van der Waals surface area (Å²) in [7, 11) is -5.69. The maximum atomic E-state index is 11.6. The molecule has 3 saturated heterocycles. The van der Waals surface area contributed by atoms with Crippen LogP contribution in [0.25, 0.3) is 0 Å². The molecule has 8 rings (SSSR count). The molecule has 3 fully saturated rings. The summed E-state index contributed by atoms with van der Waals surface area (Å²) in [5.41, 5.74) is 0.940. The minimum Gasteiger partial charge on any atom is -0.399 e. The molecule has 0 saturated carbocycles. The third-order valence-electron chi connectivity index (χ3n) is 13.3. The molecule has 4 unspecified atom stereocenters. The first-order valence-electron chi connectivity index (χ1n) is 22.2. The van der Waals surface area contributed by atoms with Crippen molar-refractivity contribution in [1.29, 1.82) is 0 Å². The standard InChI is InChI=1S/C29H36O4Si.C23H30O4Si/c1-21-25(20-30)32-27(22-14-8-5-9-15-22)28(26(21)31)33-34(29(2,3)4,23-16-10-6-11-17-23)24-18-12-7-13-19-24;1-16-19-15-25-22(26-19)21(20(16)24)27-28(23(2,3)4,17-11-7-5-8-12-17)18-13-9-6-10-14-18/h5-19,21,25-28,30-31H,20H2,1-4H3;5-14,16,19-22,24H,15H2,1-4H3/t21?,25-,26+,27+,28?;16?,19-,20+,21?,22-/m11/s1. The van der Waals surface area contributed by atoms with Crippen LogP contribution in [0.15, 0.2) is 152 Å². The van der Waals surface area contributed by atoms with Gasteiger partial charge in [0, 0.05) is 11.8 Å². The maximum absolute atomic E-state index is 11.6. The summed E-state index contributed by atoms with van der Waals surface area (Å²) in [5.74, 6) is -0.296. The lowest BCUT2D eigenvalue weighted by Gasteiger charge is -2.50. The number of hydrogen-bond acceptors (Lipinski definition) is 8. The van der Waals surface area contributed by atoms with Crippen molar-refractivity contribution in [2.45, 2.75) is 114 Å². The lowest BCUT2D eigenvalue weighted by atomic mass is 9.86. The second-order valence-corrected chi connectivity index (χ2v) is 27.8. The van der Waals surface area contributed by atoms with E-state index >= 15 is 0 Å². The Labute approximate surface area is 371 Å². The topological polar surface area (TPSA) is 107 Å². The monoisotopic (exact) mass is 874 g/mol. The van der Waals surface area contributed by atoms with Crippen molar-refractivity contribution < 1.29 is 38.4 Å². The fraction of sp³-hybridized carbons (Fsp3) is 0.423. The normalized spacial score (nSPS) is 27.9. The van der Waals surface area contributed by atoms with Crippen molar-refractivity contribution >= 4 is 37.4 Å². The number of aliphatic hydroxyl groups excluding tert-OH is 3. The molecule has 5 aromatic rings. The number of aliphatic hydroxyl groups is 3. The lowest BCUT2D eigenvalue weighted by molar-refractivity contribution is -0.204. The molecular formula is C52H66O8Si2. The molecule has 3 heterocycles. The first-order chi connectivity index (χ1) is 29.6. The summed E-state index contributed by atoms with van der Waals surface area (Å²) >= 11 is 0. The average molecular weight is 875 g/mol. The molecular weight excluding hydrogens is 809 g/mol. The highest BCUT2D eigenvalue weighted by atomic mass is 28.4. The predicted octanol–water partition coefficient (Wildman–Crippen LogP) is 6.74. The summed E-state index contributed by atoms with van der Waals surface area (Å²) in [6.45, 7) is 17.7. The minimum absolute atomic E-state index is 0.0260. The number of benzene rings is 5. The van der Waals surface area contributed by atoms with E-state index in [9.17, 15) is 15.3 Å². The molecule has 0 amide bonds. The van der Waals surface area contributed by atoms with E-state index in [4.69, 9.17) is 23.1 Å². The molecule has 3 N–H and O–H groups in total. The van der Waals surface area contributed by atoms with Gasteiger partial charge in [-0.1, -0.05) is 207 Å². The largest absolute Gasteiger partial charge is 0.399 e. The molecule has 0 radical (unpaired) electrons. The van der Waals surface area contributed by atoms with Crippen LogP contribution in [-0.4, -0.2) is 88.1 Å². The van der Waals surface area contributed by atoms with Crippen LogP contribution in [0.5, 0.6) is 0 Å². The molecule has 5 aromatic carbocycles. The van der Waals surface area contributed by atoms with E-state index in [0.29, 0.717) is 6.61 Å². The molecule has 0 aliphatic carbocycles. The predicted molar refractivity (Wildman–Crippen MR) is 251 cm³/mol. The van der Waals surface area contributed by atoms with Crippen molar-refractivity contribution in [1.82, 2.24) is 0 Å². The Balaban J connectivity index is 0.000000190. The van der Waals surface area contributed by atoms with Gasteiger partial charge in [-0.25, -0.2) is 0 Å². The molecule has 8 nitrogen and oxygen atoms in total. The van der Waals surface area contributed by atoms with Crippen LogP contribution in [0, 0.1) is 11.8 Å². The van der Waals surface area contributed by atoms with E-state index in [1.54, 1.807) is 0 Å². The Hall–Kier alpha value is -3.79. The highest BCUT2D eigenvalue weighted by Gasteiger charge is 2.58. The van der Waals surface area contributed by atoms with Crippen LogP contribution >= 0.6 is 0 Å². The van der Waals surface area contributed by atoms with Gasteiger partial charge >= 0.3 is 0 Å². The Morgan fingerprint density at radius 2 is 0.903 bits per heavy atom. The molecule has 10 heteroatoms. The summed E-state index contributed by atoms with van der Waals surface area (Å²) in [5, 5.41) is 37.0. The highest BCUT2D eigenvalue weighted by Crippen LogP contribution is 2.45. The Morgan fingerprint density at radius 3 is 1.29 bits per heavy atom. The van der Waals surface area contributed by atoms with Crippen LogP contribution in [0.4, 0.5) is 0 Å². The van der Waals surface area contributed by atoms with E-state index in [2.05, 4.69) is 139 Å². The quantitative estimate of drug-likeness (QED) is 0.133. The van der Waals surface area contributed by atoms with Crippen molar-refractivity contribution in [3.63, 3.8) is 0 Å². The SMILES string of the molecule is CC1[C@H](O)C(O[Si](c2ccccc2)(c2ccccc2)C(C)(C)C)[C@@H]2OC[C@H]1O2.CC1[C@H](O)C(O[Si](c2ccccc2)(c2ccccc2)C(C)(C)C)[C@H](c2ccccc2)O[C@@H]1CO. The lowest BCUT2D eigenvalue weighted by Crippen LogP contribution is -2.70. The van der Waals surface area contributed by atoms with Gasteiger partial charge in [0.15, 0.2) is 6.29 Å². The van der Waals surface area contributed by atoms with Gasteiger partial charge in [0.2, 0.25) is 0 Å². The second-order valence-electron chi connectivity index (χ2n) is 19.3. The smallest absolute Gasteiger partial charge is 0.261 e. The van der Waals surface area contributed by atoms with Gasteiger partial charge in [-0.15, -0.1) is 0 Å². The van der Waals surface area contributed by atoms with Crippen molar-refractivity contribution in [3.05, 3.63) is 157 Å². The van der Waals surface area contributed by atoms with E-state index in [1.807, 2.05) is 68.4 Å². The fourth-order valence-corrected chi connectivity index (χ4v) is 19.2. The van der Waals surface area contributed by atoms with Crippen LogP contribution in [0.2, 0.25) is 10.1 Å². The number of fused-ring (bicyclic) bond motifs is 2. The minimum atomic E-state index is -2.92. The van der Waals surface area contributed by atoms with Crippen LogP contribution in [0.3, 0.4) is 0 Å². The molecule has 330 valence electrons. The summed E-state index contributed by atoms with van der Waals surface area (Å²) in [6.07, 6.45) is -4.04. The third-order valence-corrected chi connectivity index (χ3v) is 23.4. The van der Waals surface area contributed by atoms with Gasteiger partial charge in [-0.05, 0) is 36.4 Å². The Kier molecular flexibility index (Phi) is 14.3. The number of ether oxygens (including phenoxy) is 3. The first kappa shape index (κ1) is 46.2. The van der Waals surface area contributed by atoms with Gasteiger partial charge in [-0.2, -0.15) is 0 Å². The highest BCUT2D eigenvalue weighted by molar-refractivity contribution is 7.00. The first-order valence-corrected chi connectivity index (χ1v) is 26.0. The van der Waals surface area contributed by atoms with E-state index in [-0.39, 0.29) is 34.6 Å². The van der Waals surface area contributed by atoms with E-state index < -0.39 is 59.5 Å². The summed E-state index contributed by atoms with van der Waals surface area (Å²) in [4.78, 5) is 0. The molecule has 0 spiro atoms. The van der Waals surface area contributed by atoms with Crippen molar-refractivity contribution in [2.75, 3.05) is 13.2 Å². The Morgan fingerprint density at radius 1 is 0.532 bits per heavy atom. The van der Waals surface area contributed by atoms with Gasteiger partial charge in [0.1, 0.15) is 18.3 Å². The third kappa shape index (κ3) is 8.84. The second kappa shape index (κ2) is 19.1. The number of hydrogen-bond donors (Lipinski definition) is 3.